The first-order valence-electron chi connectivity index (χ1n) is 4.11. The predicted octanol–water partition coefficient (Wildman–Crippen LogP) is 2.59. The maximum Gasteiger partial charge on any atom is 0.0248 e. The van der Waals surface area contributed by atoms with E-state index in [1.807, 2.05) is 0 Å². The molecule has 5 atom stereocenters. The highest BCUT2D eigenvalue weighted by Gasteiger charge is 2.62. The van der Waals surface area contributed by atoms with Gasteiger partial charge in [-0.25, -0.2) is 0 Å². The normalized spacial score (nSPS) is 62.2. The molecule has 0 aromatic rings. The lowest BCUT2D eigenvalue weighted by atomic mass is 9.86. The third-order valence-electron chi connectivity index (χ3n) is 3.61. The number of allylic oxidation sites excluding steroid dienone is 2. The topological polar surface area (TPSA) is 0 Å². The second-order valence-electron chi connectivity index (χ2n) is 4.02. The highest BCUT2D eigenvalue weighted by Crippen LogP contribution is 2.67. The Morgan fingerprint density at radius 3 is 2.80 bits per heavy atom. The molecule has 4 rings (SSSR count). The Morgan fingerprint density at radius 1 is 1.60 bits per heavy atom. The Balaban J connectivity index is 2.10. The Labute approximate surface area is 69.8 Å². The van der Waals surface area contributed by atoms with Gasteiger partial charge in [-0.1, -0.05) is 27.6 Å². The summed E-state index contributed by atoms with van der Waals surface area (Å²) in [6.45, 7) is 2.30. The van der Waals surface area contributed by atoms with Crippen molar-refractivity contribution in [2.45, 2.75) is 18.2 Å². The number of halogens is 1. The smallest absolute Gasteiger partial charge is 0.0248 e. The molecule has 0 spiro atoms. The van der Waals surface area contributed by atoms with Crippen LogP contribution in [0.25, 0.3) is 0 Å². The third kappa shape index (κ3) is 0.469. The van der Waals surface area contributed by atoms with Gasteiger partial charge in [0.2, 0.25) is 0 Å². The molecule has 0 amide bonds. The first kappa shape index (κ1) is 5.82. The molecule has 0 aromatic heterocycles. The summed E-state index contributed by atoms with van der Waals surface area (Å²) in [4.78, 5) is 0.840. The second kappa shape index (κ2) is 1.52. The molecule has 10 heavy (non-hydrogen) atoms. The minimum atomic E-state index is 0.840. The van der Waals surface area contributed by atoms with Crippen LogP contribution in [0.2, 0.25) is 0 Å². The number of hydrogen-bond acceptors (Lipinski definition) is 0. The molecule has 0 nitrogen and oxygen atoms in total. The third-order valence-corrected chi connectivity index (χ3v) is 4.86. The molecule has 0 saturated heterocycles. The molecule has 4 aliphatic rings. The van der Waals surface area contributed by atoms with Crippen LogP contribution in [0, 0.1) is 23.7 Å². The van der Waals surface area contributed by atoms with Crippen molar-refractivity contribution in [2.75, 3.05) is 0 Å². The lowest BCUT2D eigenvalue weighted by Gasteiger charge is -2.25. The molecule has 0 aromatic carbocycles. The van der Waals surface area contributed by atoms with E-state index < -0.39 is 0 Å². The second-order valence-corrected chi connectivity index (χ2v) is 5.07. The van der Waals surface area contributed by atoms with Gasteiger partial charge < -0.3 is 0 Å². The van der Waals surface area contributed by atoms with Crippen molar-refractivity contribution < 1.29 is 0 Å². The zero-order valence-corrected chi connectivity index (χ0v) is 7.64. The molecule has 0 heterocycles. The fourth-order valence-corrected chi connectivity index (χ4v) is 4.36. The summed E-state index contributed by atoms with van der Waals surface area (Å²) in [6, 6.07) is 0. The van der Waals surface area contributed by atoms with Crippen LogP contribution in [-0.2, 0) is 0 Å². The maximum atomic E-state index is 3.80. The van der Waals surface area contributed by atoms with Gasteiger partial charge in [0, 0.05) is 4.83 Å². The van der Waals surface area contributed by atoms with Crippen molar-refractivity contribution >= 4 is 15.9 Å². The zero-order chi connectivity index (χ0) is 6.88. The first-order chi connectivity index (χ1) is 4.79. The van der Waals surface area contributed by atoms with Gasteiger partial charge in [0.15, 0.2) is 0 Å². The largest absolute Gasteiger partial charge is 0.0881 e. The van der Waals surface area contributed by atoms with E-state index in [2.05, 4.69) is 28.9 Å². The molecule has 2 unspecified atom stereocenters. The van der Waals surface area contributed by atoms with E-state index in [-0.39, 0.29) is 0 Å². The van der Waals surface area contributed by atoms with Crippen LogP contribution >= 0.6 is 15.9 Å². The molecular weight excluding hydrogens is 188 g/mol. The van der Waals surface area contributed by atoms with Gasteiger partial charge in [-0.15, -0.1) is 0 Å². The van der Waals surface area contributed by atoms with Gasteiger partial charge in [-0.2, -0.15) is 0 Å². The molecule has 2 saturated carbocycles. The van der Waals surface area contributed by atoms with Gasteiger partial charge >= 0.3 is 0 Å². The van der Waals surface area contributed by atoms with E-state index in [4.69, 9.17) is 0 Å². The van der Waals surface area contributed by atoms with Crippen LogP contribution in [0.1, 0.15) is 13.3 Å². The van der Waals surface area contributed by atoms with Crippen LogP contribution < -0.4 is 0 Å². The number of rotatable bonds is 0. The first-order valence-corrected chi connectivity index (χ1v) is 5.03. The van der Waals surface area contributed by atoms with Crippen molar-refractivity contribution in [3.05, 3.63) is 11.6 Å². The van der Waals surface area contributed by atoms with Crippen molar-refractivity contribution in [2.24, 2.45) is 23.7 Å². The van der Waals surface area contributed by atoms with E-state index in [1.165, 1.54) is 6.42 Å². The SMILES string of the molecule is CC1=CC2C3[C@@H]2C[C@@H]1[C@@H]3Br. The van der Waals surface area contributed by atoms with E-state index in [9.17, 15) is 0 Å². The monoisotopic (exact) mass is 198 g/mol. The molecule has 0 N–H and O–H groups in total. The van der Waals surface area contributed by atoms with Crippen molar-refractivity contribution in [3.63, 3.8) is 0 Å². The summed E-state index contributed by atoms with van der Waals surface area (Å²) in [5.41, 5.74) is 1.65. The molecule has 4 aliphatic carbocycles. The molecule has 54 valence electrons. The van der Waals surface area contributed by atoms with Crippen LogP contribution in [0.15, 0.2) is 11.6 Å². The minimum absolute atomic E-state index is 0.840. The maximum absolute atomic E-state index is 3.80. The molecule has 2 fully saturated rings. The van der Waals surface area contributed by atoms with Gasteiger partial charge in [0.25, 0.3) is 0 Å². The standard InChI is InChI=1S/C9H11Br/c1-4-2-6-7-3-5(4)9(10)8(6)7/h2,5-9H,3H2,1H3/t5-,6?,7+,8?,9-/m0/s1. The summed E-state index contributed by atoms with van der Waals surface area (Å²) in [5.74, 6) is 4.00. The Morgan fingerprint density at radius 2 is 2.40 bits per heavy atom. The highest BCUT2D eigenvalue weighted by atomic mass is 79.9. The summed E-state index contributed by atoms with van der Waals surface area (Å²) >= 11 is 3.80. The number of hydrogen-bond donors (Lipinski definition) is 0. The molecule has 0 radical (unpaired) electrons. The van der Waals surface area contributed by atoms with E-state index in [1.54, 1.807) is 5.57 Å². The summed E-state index contributed by atoms with van der Waals surface area (Å²) in [6.07, 6.45) is 3.99. The quantitative estimate of drug-likeness (QED) is 0.415. The fraction of sp³-hybridized carbons (Fsp3) is 0.778. The van der Waals surface area contributed by atoms with Crippen molar-refractivity contribution in [1.29, 1.82) is 0 Å². The Kier molecular flexibility index (Phi) is 0.887. The number of alkyl halides is 1. The molecule has 0 aliphatic heterocycles. The van der Waals surface area contributed by atoms with Crippen molar-refractivity contribution in [3.8, 4) is 0 Å². The van der Waals surface area contributed by atoms with Crippen LogP contribution in [-0.4, -0.2) is 4.83 Å². The van der Waals surface area contributed by atoms with E-state index >= 15 is 0 Å². The highest BCUT2D eigenvalue weighted by molar-refractivity contribution is 9.09. The van der Waals surface area contributed by atoms with Crippen LogP contribution in [0.3, 0.4) is 0 Å². The molecule has 1 heteroatoms. The van der Waals surface area contributed by atoms with Crippen LogP contribution in [0.4, 0.5) is 0 Å². The Bertz CT molecular complexity index is 219. The molecular formula is C9H11Br. The van der Waals surface area contributed by atoms with Gasteiger partial charge in [-0.3, -0.25) is 0 Å². The fourth-order valence-electron chi connectivity index (χ4n) is 2.98. The zero-order valence-electron chi connectivity index (χ0n) is 6.05. The molecule has 4 bridgehead atoms. The van der Waals surface area contributed by atoms with Gasteiger partial charge in [0.1, 0.15) is 0 Å². The lowest BCUT2D eigenvalue weighted by molar-refractivity contribution is 0.505. The average molecular weight is 199 g/mol. The average Bonchev–Trinajstić information content (AvgIpc) is 2.47. The summed E-state index contributed by atoms with van der Waals surface area (Å²) in [7, 11) is 0. The lowest BCUT2D eigenvalue weighted by Crippen LogP contribution is -2.19. The summed E-state index contributed by atoms with van der Waals surface area (Å²) < 4.78 is 0. The van der Waals surface area contributed by atoms with Crippen molar-refractivity contribution in [1.82, 2.24) is 0 Å². The van der Waals surface area contributed by atoms with Crippen LogP contribution in [0.5, 0.6) is 0 Å². The van der Waals surface area contributed by atoms with E-state index in [0.717, 1.165) is 28.5 Å². The van der Waals surface area contributed by atoms with E-state index in [0.29, 0.717) is 0 Å². The van der Waals surface area contributed by atoms with Gasteiger partial charge in [-0.05, 0) is 37.0 Å². The predicted molar refractivity (Wildman–Crippen MR) is 45.0 cm³/mol. The minimum Gasteiger partial charge on any atom is -0.0881 e. The Hall–Kier alpha value is 0.220. The van der Waals surface area contributed by atoms with Gasteiger partial charge in [0.05, 0.1) is 0 Å². The summed E-state index contributed by atoms with van der Waals surface area (Å²) in [5, 5.41) is 0.